The van der Waals surface area contributed by atoms with Crippen molar-refractivity contribution < 1.29 is 14.3 Å². The molecule has 0 bridgehead atoms. The second-order valence-electron chi connectivity index (χ2n) is 5.37. The lowest BCUT2D eigenvalue weighted by Crippen LogP contribution is -2.42. The largest absolute Gasteiger partial charge is 0.497 e. The van der Waals surface area contributed by atoms with Gasteiger partial charge < -0.3 is 14.4 Å². The third-order valence-electron chi connectivity index (χ3n) is 2.95. The van der Waals surface area contributed by atoms with Crippen LogP contribution in [0.15, 0.2) is 36.6 Å². The number of carbonyl (C=O) groups excluding carboxylic acids is 1. The van der Waals surface area contributed by atoms with Gasteiger partial charge in [-0.25, -0.2) is 4.79 Å². The lowest BCUT2D eigenvalue weighted by atomic mass is 10.2. The fourth-order valence-corrected chi connectivity index (χ4v) is 2.04. The highest BCUT2D eigenvalue weighted by atomic mass is 16.6. The average Bonchev–Trinajstić information content (AvgIpc) is 2.44. The molecular weight excluding hydrogens is 278 g/mol. The van der Waals surface area contributed by atoms with Crippen molar-refractivity contribution in [3.63, 3.8) is 0 Å². The van der Waals surface area contributed by atoms with Gasteiger partial charge in [0.15, 0.2) is 5.76 Å². The molecule has 0 heterocycles. The third-order valence-corrected chi connectivity index (χ3v) is 2.95. The molecule has 0 unspecified atom stereocenters. The standard InChI is InChI=1S/C18H23NO3/c1-13(2)19(14(3)4)18(20)22-15(5)10-11-16-8-7-9-17(12-16)21-6/h7-9,12-14H,5H2,1-4,6H3. The van der Waals surface area contributed by atoms with Crippen LogP contribution < -0.4 is 4.74 Å². The van der Waals surface area contributed by atoms with Crippen molar-refractivity contribution in [2.45, 2.75) is 39.8 Å². The maximum Gasteiger partial charge on any atom is 0.416 e. The predicted octanol–water partition coefficient (Wildman–Crippen LogP) is 3.82. The Morgan fingerprint density at radius 2 is 1.86 bits per heavy atom. The van der Waals surface area contributed by atoms with Gasteiger partial charge in [-0.15, -0.1) is 0 Å². The fraction of sp³-hybridized carbons (Fsp3) is 0.389. The van der Waals surface area contributed by atoms with Crippen molar-refractivity contribution in [1.29, 1.82) is 0 Å². The van der Waals surface area contributed by atoms with Crippen molar-refractivity contribution >= 4 is 6.09 Å². The zero-order valence-electron chi connectivity index (χ0n) is 13.8. The molecule has 1 aromatic rings. The van der Waals surface area contributed by atoms with Crippen LogP contribution in [0.3, 0.4) is 0 Å². The van der Waals surface area contributed by atoms with Gasteiger partial charge in [-0.2, -0.15) is 0 Å². The van der Waals surface area contributed by atoms with Gasteiger partial charge in [-0.05, 0) is 58.4 Å². The minimum atomic E-state index is -0.435. The maximum absolute atomic E-state index is 12.1. The molecule has 0 fully saturated rings. The fourth-order valence-electron chi connectivity index (χ4n) is 2.04. The van der Waals surface area contributed by atoms with Gasteiger partial charge in [0.25, 0.3) is 0 Å². The van der Waals surface area contributed by atoms with Crippen LogP contribution in [-0.2, 0) is 4.74 Å². The number of carbonyl (C=O) groups is 1. The number of nitrogens with zero attached hydrogens (tertiary/aromatic N) is 1. The maximum atomic E-state index is 12.1. The van der Waals surface area contributed by atoms with E-state index in [0.29, 0.717) is 0 Å². The highest BCUT2D eigenvalue weighted by molar-refractivity contribution is 5.70. The lowest BCUT2D eigenvalue weighted by Gasteiger charge is -2.29. The molecule has 0 radical (unpaired) electrons. The molecule has 1 aromatic carbocycles. The van der Waals surface area contributed by atoms with Gasteiger partial charge in [0.05, 0.1) is 7.11 Å². The number of allylic oxidation sites excluding steroid dienone is 1. The van der Waals surface area contributed by atoms with Gasteiger partial charge in [0.1, 0.15) is 5.75 Å². The Bertz CT molecular complexity index is 586. The second-order valence-corrected chi connectivity index (χ2v) is 5.37. The molecule has 0 aliphatic rings. The Labute approximate surface area is 132 Å². The molecule has 0 aliphatic heterocycles. The van der Waals surface area contributed by atoms with Crippen molar-refractivity contribution in [2.75, 3.05) is 7.11 Å². The van der Waals surface area contributed by atoms with Gasteiger partial charge >= 0.3 is 6.09 Å². The minimum absolute atomic E-state index is 0.0478. The lowest BCUT2D eigenvalue weighted by molar-refractivity contribution is 0.105. The smallest absolute Gasteiger partial charge is 0.416 e. The number of rotatable bonds is 4. The molecule has 1 rings (SSSR count). The van der Waals surface area contributed by atoms with Gasteiger partial charge in [0, 0.05) is 17.6 Å². The predicted molar refractivity (Wildman–Crippen MR) is 87.6 cm³/mol. The van der Waals surface area contributed by atoms with Gasteiger partial charge in [0.2, 0.25) is 0 Å². The van der Waals surface area contributed by atoms with Crippen LogP contribution in [-0.4, -0.2) is 30.2 Å². The third kappa shape index (κ3) is 5.17. The van der Waals surface area contributed by atoms with E-state index in [-0.39, 0.29) is 17.8 Å². The Balaban J connectivity index is 2.74. The zero-order chi connectivity index (χ0) is 16.7. The summed E-state index contributed by atoms with van der Waals surface area (Å²) in [6.45, 7) is 11.4. The van der Waals surface area contributed by atoms with E-state index in [1.54, 1.807) is 18.1 Å². The number of amides is 1. The summed E-state index contributed by atoms with van der Waals surface area (Å²) in [5.41, 5.74) is 0.765. The summed E-state index contributed by atoms with van der Waals surface area (Å²) in [6.07, 6.45) is -0.435. The molecule has 4 heteroatoms. The molecule has 0 spiro atoms. The van der Waals surface area contributed by atoms with E-state index < -0.39 is 6.09 Å². The van der Waals surface area contributed by atoms with Crippen LogP contribution in [0.1, 0.15) is 33.3 Å². The molecule has 1 amide bonds. The summed E-state index contributed by atoms with van der Waals surface area (Å²) in [5, 5.41) is 0. The van der Waals surface area contributed by atoms with E-state index in [0.717, 1.165) is 11.3 Å². The Morgan fingerprint density at radius 3 is 2.41 bits per heavy atom. The summed E-state index contributed by atoms with van der Waals surface area (Å²) in [7, 11) is 1.60. The average molecular weight is 301 g/mol. The second kappa shape index (κ2) is 8.14. The molecule has 22 heavy (non-hydrogen) atoms. The SMILES string of the molecule is C=C(C#Cc1cccc(OC)c1)OC(=O)N(C(C)C)C(C)C. The van der Waals surface area contributed by atoms with Crippen molar-refractivity contribution in [3.05, 3.63) is 42.2 Å². The highest BCUT2D eigenvalue weighted by Crippen LogP contribution is 2.12. The molecule has 0 saturated heterocycles. The van der Waals surface area contributed by atoms with E-state index in [1.807, 2.05) is 45.9 Å². The van der Waals surface area contributed by atoms with Crippen molar-refractivity contribution in [1.82, 2.24) is 4.90 Å². The molecule has 0 saturated carbocycles. The van der Waals surface area contributed by atoms with Gasteiger partial charge in [-0.1, -0.05) is 12.0 Å². The Hall–Kier alpha value is -2.41. The number of ether oxygens (including phenoxy) is 2. The van der Waals surface area contributed by atoms with Crippen LogP contribution in [0, 0.1) is 11.8 Å². The van der Waals surface area contributed by atoms with E-state index in [2.05, 4.69) is 18.4 Å². The summed E-state index contributed by atoms with van der Waals surface area (Å²) in [5.74, 6) is 6.49. The quantitative estimate of drug-likeness (QED) is 0.627. The normalized spacial score (nSPS) is 9.95. The van der Waals surface area contributed by atoms with Crippen molar-refractivity contribution in [3.8, 4) is 17.6 Å². The first-order valence-corrected chi connectivity index (χ1v) is 7.20. The van der Waals surface area contributed by atoms with Crippen LogP contribution in [0.2, 0.25) is 0 Å². The number of benzene rings is 1. The Kier molecular flexibility index (Phi) is 6.52. The minimum Gasteiger partial charge on any atom is -0.497 e. The van der Waals surface area contributed by atoms with E-state index in [9.17, 15) is 4.79 Å². The Morgan fingerprint density at radius 1 is 1.23 bits per heavy atom. The summed E-state index contributed by atoms with van der Waals surface area (Å²) < 4.78 is 10.3. The first-order chi connectivity index (χ1) is 10.3. The van der Waals surface area contributed by atoms with E-state index >= 15 is 0 Å². The van der Waals surface area contributed by atoms with Crippen LogP contribution >= 0.6 is 0 Å². The first-order valence-electron chi connectivity index (χ1n) is 7.20. The van der Waals surface area contributed by atoms with Gasteiger partial charge in [-0.3, -0.25) is 0 Å². The topological polar surface area (TPSA) is 38.8 Å². The van der Waals surface area contributed by atoms with Crippen LogP contribution in [0.25, 0.3) is 0 Å². The monoisotopic (exact) mass is 301 g/mol. The number of hydrogen-bond donors (Lipinski definition) is 0. The number of hydrogen-bond acceptors (Lipinski definition) is 3. The molecule has 0 N–H and O–H groups in total. The number of methoxy groups -OCH3 is 1. The summed E-state index contributed by atoms with van der Waals surface area (Å²) >= 11 is 0. The molecular formula is C18H23NO3. The first kappa shape index (κ1) is 17.6. The molecule has 118 valence electrons. The van der Waals surface area contributed by atoms with Crippen LogP contribution in [0.4, 0.5) is 4.79 Å². The summed E-state index contributed by atoms with van der Waals surface area (Å²) in [4.78, 5) is 13.7. The molecule has 0 aliphatic carbocycles. The van der Waals surface area contributed by atoms with E-state index in [4.69, 9.17) is 9.47 Å². The molecule has 0 atom stereocenters. The molecule has 4 nitrogen and oxygen atoms in total. The zero-order valence-corrected chi connectivity index (χ0v) is 13.8. The van der Waals surface area contributed by atoms with Crippen LogP contribution in [0.5, 0.6) is 5.75 Å². The van der Waals surface area contributed by atoms with Crippen molar-refractivity contribution in [2.24, 2.45) is 0 Å². The van der Waals surface area contributed by atoms with E-state index in [1.165, 1.54) is 0 Å². The summed E-state index contributed by atoms with van der Waals surface area (Å²) in [6, 6.07) is 7.42. The highest BCUT2D eigenvalue weighted by Gasteiger charge is 2.21. The molecule has 0 aromatic heterocycles.